The molecule has 0 aliphatic heterocycles. The van der Waals surface area contributed by atoms with Crippen molar-refractivity contribution in [1.82, 2.24) is 14.8 Å². The maximum absolute atomic E-state index is 11.0. The zero-order chi connectivity index (χ0) is 9.84. The van der Waals surface area contributed by atoms with Gasteiger partial charge in [-0.1, -0.05) is 0 Å². The van der Waals surface area contributed by atoms with Crippen LogP contribution in [0.2, 0.25) is 0 Å². The Hall–Kier alpha value is -1.92. The number of nitrogens with zero attached hydrogens (tertiary/aromatic N) is 2. The largest absolute Gasteiger partial charge is 0.468 e. The third-order valence-electron chi connectivity index (χ3n) is 1.28. The van der Waals surface area contributed by atoms with Gasteiger partial charge in [-0.3, -0.25) is 19.0 Å². The number of methoxy groups -OCH3 is 1. The van der Waals surface area contributed by atoms with Crippen LogP contribution >= 0.6 is 0 Å². The highest BCUT2D eigenvalue weighted by Crippen LogP contribution is 1.77. The summed E-state index contributed by atoms with van der Waals surface area (Å²) in [4.78, 5) is 32.3. The second kappa shape index (κ2) is 3.65. The fourth-order valence-corrected chi connectivity index (χ4v) is 0.653. The molecule has 0 spiro atoms. The SMILES string of the molecule is COC(=O)Cn1[c]n[nH]c(=O)c1=O. The van der Waals surface area contributed by atoms with Crippen LogP contribution < -0.4 is 11.1 Å². The van der Waals surface area contributed by atoms with Gasteiger partial charge in [0.25, 0.3) is 0 Å². The third-order valence-corrected chi connectivity index (χ3v) is 1.28. The minimum atomic E-state index is -0.900. The molecule has 0 aromatic carbocycles. The van der Waals surface area contributed by atoms with Gasteiger partial charge in [-0.2, -0.15) is 5.10 Å². The van der Waals surface area contributed by atoms with E-state index < -0.39 is 17.1 Å². The Bertz CT molecular complexity index is 418. The standard InChI is InChI=1S/C6H6N3O4/c1-13-4(10)2-9-3-7-8-5(11)6(9)12/h2H2,1H3,(H,8,11). The maximum Gasteiger partial charge on any atom is 0.330 e. The van der Waals surface area contributed by atoms with E-state index in [0.717, 1.165) is 4.57 Å². The smallest absolute Gasteiger partial charge is 0.330 e. The van der Waals surface area contributed by atoms with Gasteiger partial charge in [0.1, 0.15) is 6.54 Å². The number of aromatic amines is 1. The number of aromatic nitrogens is 3. The average molecular weight is 184 g/mol. The van der Waals surface area contributed by atoms with Gasteiger partial charge in [-0.15, -0.1) is 0 Å². The Labute approximate surface area is 72.0 Å². The lowest BCUT2D eigenvalue weighted by Crippen LogP contribution is -2.38. The second-order valence-corrected chi connectivity index (χ2v) is 2.12. The van der Waals surface area contributed by atoms with Crippen molar-refractivity contribution in [2.75, 3.05) is 7.11 Å². The summed E-state index contributed by atoms with van der Waals surface area (Å²) in [6.45, 7) is -0.369. The molecular weight excluding hydrogens is 178 g/mol. The molecule has 0 saturated carbocycles. The van der Waals surface area contributed by atoms with Crippen LogP contribution in [0.3, 0.4) is 0 Å². The molecule has 0 fully saturated rings. The Morgan fingerprint density at radius 3 is 3.00 bits per heavy atom. The topological polar surface area (TPSA) is 94.1 Å². The normalized spacial score (nSPS) is 9.62. The van der Waals surface area contributed by atoms with E-state index in [1.54, 1.807) is 0 Å². The summed E-state index contributed by atoms with van der Waals surface area (Å²) in [7, 11) is 1.17. The van der Waals surface area contributed by atoms with Crippen LogP contribution in [0.15, 0.2) is 9.59 Å². The number of carbonyl (C=O) groups excluding carboxylic acids is 1. The number of hydrogen-bond donors (Lipinski definition) is 1. The van der Waals surface area contributed by atoms with Crippen molar-refractivity contribution in [2.45, 2.75) is 6.54 Å². The van der Waals surface area contributed by atoms with Gasteiger partial charge in [0.05, 0.1) is 7.11 Å². The van der Waals surface area contributed by atoms with Crippen molar-refractivity contribution in [3.8, 4) is 0 Å². The fourth-order valence-electron chi connectivity index (χ4n) is 0.653. The number of rotatable bonds is 2. The summed E-state index contributed by atoms with van der Waals surface area (Å²) in [5.41, 5.74) is -1.79. The Morgan fingerprint density at radius 2 is 2.38 bits per heavy atom. The van der Waals surface area contributed by atoms with Crippen molar-refractivity contribution in [3.05, 3.63) is 27.0 Å². The summed E-state index contributed by atoms with van der Waals surface area (Å²) in [5, 5.41) is 5.11. The molecule has 0 aliphatic rings. The predicted octanol–water partition coefficient (Wildman–Crippen LogP) is -2.10. The second-order valence-electron chi connectivity index (χ2n) is 2.12. The van der Waals surface area contributed by atoms with E-state index in [1.165, 1.54) is 7.11 Å². The molecule has 7 heteroatoms. The highest BCUT2D eigenvalue weighted by Gasteiger charge is 2.06. The highest BCUT2D eigenvalue weighted by molar-refractivity contribution is 5.68. The van der Waals surface area contributed by atoms with Gasteiger partial charge in [0.2, 0.25) is 6.33 Å². The van der Waals surface area contributed by atoms with E-state index in [-0.39, 0.29) is 6.54 Å². The van der Waals surface area contributed by atoms with Crippen LogP contribution in [0, 0.1) is 6.33 Å². The lowest BCUT2D eigenvalue weighted by Gasteiger charge is -1.99. The predicted molar refractivity (Wildman–Crippen MR) is 40.0 cm³/mol. The fraction of sp³-hybridized carbons (Fsp3) is 0.333. The number of nitrogens with one attached hydrogen (secondary N) is 1. The number of esters is 1. The van der Waals surface area contributed by atoms with Gasteiger partial charge in [0, 0.05) is 0 Å². The van der Waals surface area contributed by atoms with Crippen LogP contribution in [0.25, 0.3) is 0 Å². The van der Waals surface area contributed by atoms with Crippen molar-refractivity contribution in [3.63, 3.8) is 0 Å². The molecular formula is C6H6N3O4. The molecule has 1 aromatic rings. The molecule has 69 valence electrons. The molecule has 0 bridgehead atoms. The molecule has 0 atom stereocenters. The molecule has 0 aliphatic carbocycles. The first kappa shape index (κ1) is 9.17. The van der Waals surface area contributed by atoms with Gasteiger partial charge in [-0.25, -0.2) is 5.10 Å². The van der Waals surface area contributed by atoms with E-state index in [9.17, 15) is 14.4 Å². The number of hydrogen-bond acceptors (Lipinski definition) is 5. The first-order valence-corrected chi connectivity index (χ1v) is 3.29. The number of ether oxygens (including phenoxy) is 1. The van der Waals surface area contributed by atoms with E-state index in [2.05, 4.69) is 16.2 Å². The Balaban J connectivity index is 3.03. The highest BCUT2D eigenvalue weighted by atomic mass is 16.5. The summed E-state index contributed by atoms with van der Waals surface area (Å²) >= 11 is 0. The first-order valence-electron chi connectivity index (χ1n) is 3.29. The van der Waals surface area contributed by atoms with Crippen LogP contribution in [0.5, 0.6) is 0 Å². The van der Waals surface area contributed by atoms with E-state index in [4.69, 9.17) is 0 Å². The van der Waals surface area contributed by atoms with Crippen molar-refractivity contribution >= 4 is 5.97 Å². The summed E-state index contributed by atoms with van der Waals surface area (Å²) in [5.74, 6) is -0.647. The van der Waals surface area contributed by atoms with Crippen LogP contribution in [-0.4, -0.2) is 27.8 Å². The summed E-state index contributed by atoms with van der Waals surface area (Å²) in [6.07, 6.45) is 2.14. The maximum atomic E-state index is 11.0. The van der Waals surface area contributed by atoms with Crippen LogP contribution in [-0.2, 0) is 16.1 Å². The monoisotopic (exact) mass is 184 g/mol. The molecule has 1 radical (unpaired) electrons. The molecule has 0 saturated heterocycles. The number of H-pyrrole nitrogens is 1. The molecule has 1 heterocycles. The zero-order valence-electron chi connectivity index (χ0n) is 6.73. The summed E-state index contributed by atoms with van der Waals surface area (Å²) in [6, 6.07) is 0. The van der Waals surface area contributed by atoms with Gasteiger partial charge in [0.15, 0.2) is 0 Å². The van der Waals surface area contributed by atoms with E-state index in [1.807, 2.05) is 5.10 Å². The van der Waals surface area contributed by atoms with E-state index >= 15 is 0 Å². The molecule has 1 N–H and O–H groups in total. The molecule has 1 rings (SSSR count). The Morgan fingerprint density at radius 1 is 1.69 bits per heavy atom. The van der Waals surface area contributed by atoms with Crippen LogP contribution in [0.1, 0.15) is 0 Å². The number of carbonyl (C=O) groups is 1. The molecule has 7 nitrogen and oxygen atoms in total. The quantitative estimate of drug-likeness (QED) is 0.420. The zero-order valence-corrected chi connectivity index (χ0v) is 6.73. The molecule has 1 aromatic heterocycles. The molecule has 13 heavy (non-hydrogen) atoms. The van der Waals surface area contributed by atoms with Gasteiger partial charge >= 0.3 is 17.1 Å². The average Bonchev–Trinajstić information content (AvgIpc) is 2.13. The van der Waals surface area contributed by atoms with Gasteiger partial charge in [-0.05, 0) is 0 Å². The molecule has 0 amide bonds. The minimum Gasteiger partial charge on any atom is -0.468 e. The lowest BCUT2D eigenvalue weighted by molar-refractivity contribution is -0.141. The Kier molecular flexibility index (Phi) is 2.58. The van der Waals surface area contributed by atoms with Crippen molar-refractivity contribution in [2.24, 2.45) is 0 Å². The van der Waals surface area contributed by atoms with Gasteiger partial charge < -0.3 is 4.74 Å². The van der Waals surface area contributed by atoms with Crippen molar-refractivity contribution in [1.29, 1.82) is 0 Å². The summed E-state index contributed by atoms with van der Waals surface area (Å²) < 4.78 is 5.03. The minimum absolute atomic E-state index is 0.369. The third kappa shape index (κ3) is 2.01. The van der Waals surface area contributed by atoms with Crippen LogP contribution in [0.4, 0.5) is 0 Å². The van der Waals surface area contributed by atoms with Crippen molar-refractivity contribution < 1.29 is 9.53 Å². The lowest BCUT2D eigenvalue weighted by atomic mass is 10.6. The first-order chi connectivity index (χ1) is 6.15. The van der Waals surface area contributed by atoms with E-state index in [0.29, 0.717) is 0 Å². The molecule has 0 unspecified atom stereocenters.